The quantitative estimate of drug-likeness (QED) is 0.904. The Kier molecular flexibility index (Phi) is 4.58. The fourth-order valence-corrected chi connectivity index (χ4v) is 3.37. The van der Waals surface area contributed by atoms with Gasteiger partial charge in [-0.2, -0.15) is 0 Å². The van der Waals surface area contributed by atoms with E-state index in [4.69, 9.17) is 0 Å². The Labute approximate surface area is 156 Å². The van der Waals surface area contributed by atoms with Gasteiger partial charge in [0.05, 0.1) is 5.69 Å². The average molecular weight is 366 g/mol. The van der Waals surface area contributed by atoms with Crippen molar-refractivity contribution >= 4 is 23.5 Å². The van der Waals surface area contributed by atoms with Crippen molar-refractivity contribution in [2.75, 3.05) is 24.5 Å². The van der Waals surface area contributed by atoms with Crippen LogP contribution in [0.4, 0.5) is 14.9 Å². The highest BCUT2D eigenvalue weighted by molar-refractivity contribution is 6.20. The Hall–Kier alpha value is -3.22. The second-order valence-electron chi connectivity index (χ2n) is 6.50. The number of hydrogen-bond donors (Lipinski definition) is 1. The number of amides is 3. The van der Waals surface area contributed by atoms with Crippen LogP contribution in [0.3, 0.4) is 0 Å². The van der Waals surface area contributed by atoms with Crippen molar-refractivity contribution < 1.29 is 14.0 Å². The predicted molar refractivity (Wildman–Crippen MR) is 100 cm³/mol. The number of anilines is 1. The summed E-state index contributed by atoms with van der Waals surface area (Å²) in [6.45, 7) is 1.39. The zero-order valence-corrected chi connectivity index (χ0v) is 14.7. The first-order chi connectivity index (χ1) is 13.1. The number of rotatable bonds is 4. The molecule has 0 bridgehead atoms. The standard InChI is InChI=1S/C20H19FN4O2/c21-15-6-3-5-14(11-15)12-23-18(26)13-25-17-8-2-1-7-16(17)19-22-9-4-10-24(19)20(25)27/h1-3,5-8,11H,4,9-10,12-13H2,(H,23,26). The number of aliphatic imine (C=N–C) groups is 1. The molecule has 6 nitrogen and oxygen atoms in total. The van der Waals surface area contributed by atoms with Crippen LogP contribution in [0, 0.1) is 5.82 Å². The summed E-state index contributed by atoms with van der Waals surface area (Å²) >= 11 is 0. The first-order valence-corrected chi connectivity index (χ1v) is 8.87. The van der Waals surface area contributed by atoms with E-state index in [1.807, 2.05) is 24.3 Å². The van der Waals surface area contributed by atoms with E-state index in [2.05, 4.69) is 10.3 Å². The minimum Gasteiger partial charge on any atom is -0.350 e. The number of para-hydroxylation sites is 1. The van der Waals surface area contributed by atoms with Crippen LogP contribution in [-0.2, 0) is 11.3 Å². The van der Waals surface area contributed by atoms with E-state index < -0.39 is 0 Å². The molecule has 0 saturated heterocycles. The normalized spacial score (nSPS) is 15.7. The lowest BCUT2D eigenvalue weighted by Gasteiger charge is -2.39. The summed E-state index contributed by atoms with van der Waals surface area (Å²) in [6, 6.07) is 13.3. The number of nitrogens with zero attached hydrogens (tertiary/aromatic N) is 3. The molecule has 0 saturated carbocycles. The summed E-state index contributed by atoms with van der Waals surface area (Å²) in [5.41, 5.74) is 2.20. The lowest BCUT2D eigenvalue weighted by atomic mass is 10.1. The van der Waals surface area contributed by atoms with Gasteiger partial charge in [0.2, 0.25) is 5.91 Å². The first-order valence-electron chi connectivity index (χ1n) is 8.87. The smallest absolute Gasteiger partial charge is 0.330 e. The van der Waals surface area contributed by atoms with Gasteiger partial charge in [0.15, 0.2) is 0 Å². The van der Waals surface area contributed by atoms with Crippen LogP contribution >= 0.6 is 0 Å². The third-order valence-electron chi connectivity index (χ3n) is 4.64. The third-order valence-corrected chi connectivity index (χ3v) is 4.64. The van der Waals surface area contributed by atoms with Crippen LogP contribution in [0.1, 0.15) is 17.5 Å². The molecule has 2 aromatic carbocycles. The second kappa shape index (κ2) is 7.19. The summed E-state index contributed by atoms with van der Waals surface area (Å²) < 4.78 is 13.3. The largest absolute Gasteiger partial charge is 0.350 e. The van der Waals surface area contributed by atoms with Gasteiger partial charge in [-0.3, -0.25) is 19.6 Å². The van der Waals surface area contributed by atoms with Crippen molar-refractivity contribution in [3.05, 3.63) is 65.5 Å². The Morgan fingerprint density at radius 3 is 2.89 bits per heavy atom. The molecule has 4 rings (SSSR count). The Balaban J connectivity index is 1.52. The summed E-state index contributed by atoms with van der Waals surface area (Å²) in [7, 11) is 0. The number of hydrogen-bond acceptors (Lipinski definition) is 3. The highest BCUT2D eigenvalue weighted by Gasteiger charge is 2.36. The van der Waals surface area contributed by atoms with Crippen molar-refractivity contribution in [1.82, 2.24) is 10.2 Å². The number of amidine groups is 1. The van der Waals surface area contributed by atoms with Gasteiger partial charge in [-0.25, -0.2) is 9.18 Å². The molecule has 2 aliphatic rings. The fraction of sp³-hybridized carbons (Fsp3) is 0.250. The number of carbonyl (C=O) groups is 2. The van der Waals surface area contributed by atoms with Gasteiger partial charge in [-0.05, 0) is 36.2 Å². The molecule has 2 aromatic rings. The number of benzene rings is 2. The van der Waals surface area contributed by atoms with Crippen LogP contribution < -0.4 is 10.2 Å². The molecule has 0 unspecified atom stereocenters. The molecule has 7 heteroatoms. The number of carbonyl (C=O) groups excluding carboxylic acids is 2. The van der Waals surface area contributed by atoms with Crippen LogP contribution in [-0.4, -0.2) is 42.3 Å². The first kappa shape index (κ1) is 17.2. The van der Waals surface area contributed by atoms with Crippen molar-refractivity contribution in [1.29, 1.82) is 0 Å². The van der Waals surface area contributed by atoms with Crippen LogP contribution in [0.5, 0.6) is 0 Å². The molecule has 3 amide bonds. The maximum Gasteiger partial charge on any atom is 0.330 e. The van der Waals surface area contributed by atoms with Crippen molar-refractivity contribution in [3.8, 4) is 0 Å². The third kappa shape index (κ3) is 3.40. The minimum absolute atomic E-state index is 0.102. The van der Waals surface area contributed by atoms with Gasteiger partial charge in [-0.15, -0.1) is 0 Å². The maximum atomic E-state index is 13.3. The Morgan fingerprint density at radius 2 is 2.04 bits per heavy atom. The molecule has 0 fully saturated rings. The van der Waals surface area contributed by atoms with E-state index >= 15 is 0 Å². The van der Waals surface area contributed by atoms with E-state index in [-0.39, 0.29) is 30.8 Å². The average Bonchev–Trinajstić information content (AvgIpc) is 2.70. The SMILES string of the molecule is O=C(CN1C(=O)N2CCCN=C2c2ccccc21)NCc1cccc(F)c1. The van der Waals surface area contributed by atoms with Gasteiger partial charge < -0.3 is 5.32 Å². The molecule has 0 spiro atoms. The van der Waals surface area contributed by atoms with Crippen LogP contribution in [0.2, 0.25) is 0 Å². The van der Waals surface area contributed by atoms with Crippen LogP contribution in [0.15, 0.2) is 53.5 Å². The predicted octanol–water partition coefficient (Wildman–Crippen LogP) is 2.53. The highest BCUT2D eigenvalue weighted by atomic mass is 19.1. The lowest BCUT2D eigenvalue weighted by molar-refractivity contribution is -0.119. The molecule has 0 aromatic heterocycles. The molecule has 27 heavy (non-hydrogen) atoms. The van der Waals surface area contributed by atoms with E-state index in [0.717, 1.165) is 12.0 Å². The summed E-state index contributed by atoms with van der Waals surface area (Å²) in [6.07, 6.45) is 0.803. The highest BCUT2D eigenvalue weighted by Crippen LogP contribution is 2.30. The summed E-state index contributed by atoms with van der Waals surface area (Å²) in [4.78, 5) is 33.0. The van der Waals surface area contributed by atoms with Crippen molar-refractivity contribution in [3.63, 3.8) is 0 Å². The van der Waals surface area contributed by atoms with E-state index in [1.165, 1.54) is 17.0 Å². The topological polar surface area (TPSA) is 65.0 Å². The molecule has 138 valence electrons. The molecule has 2 heterocycles. The zero-order valence-electron chi connectivity index (χ0n) is 14.7. The van der Waals surface area contributed by atoms with Gasteiger partial charge in [0, 0.05) is 25.2 Å². The molecular weight excluding hydrogens is 347 g/mol. The minimum atomic E-state index is -0.348. The Bertz CT molecular complexity index is 928. The number of urea groups is 1. The molecular formula is C20H19FN4O2. The van der Waals surface area contributed by atoms with Gasteiger partial charge in [0.1, 0.15) is 18.2 Å². The molecule has 0 aliphatic carbocycles. The molecule has 2 aliphatic heterocycles. The van der Waals surface area contributed by atoms with Gasteiger partial charge in [0.25, 0.3) is 0 Å². The van der Waals surface area contributed by atoms with E-state index in [0.29, 0.717) is 30.2 Å². The number of halogens is 1. The maximum absolute atomic E-state index is 13.3. The second-order valence-corrected chi connectivity index (χ2v) is 6.50. The number of nitrogens with one attached hydrogen (secondary N) is 1. The van der Waals surface area contributed by atoms with E-state index in [9.17, 15) is 14.0 Å². The Morgan fingerprint density at radius 1 is 1.19 bits per heavy atom. The van der Waals surface area contributed by atoms with Gasteiger partial charge in [-0.1, -0.05) is 24.3 Å². The monoisotopic (exact) mass is 366 g/mol. The zero-order chi connectivity index (χ0) is 18.8. The van der Waals surface area contributed by atoms with Crippen molar-refractivity contribution in [2.24, 2.45) is 4.99 Å². The molecule has 0 radical (unpaired) electrons. The summed E-state index contributed by atoms with van der Waals surface area (Å²) in [5.74, 6) is 0.0249. The van der Waals surface area contributed by atoms with E-state index in [1.54, 1.807) is 17.0 Å². The molecule has 0 atom stereocenters. The lowest BCUT2D eigenvalue weighted by Crippen LogP contribution is -2.55. The van der Waals surface area contributed by atoms with Crippen LogP contribution in [0.25, 0.3) is 0 Å². The molecule has 1 N–H and O–H groups in total. The van der Waals surface area contributed by atoms with Crippen molar-refractivity contribution in [2.45, 2.75) is 13.0 Å². The fourth-order valence-electron chi connectivity index (χ4n) is 3.37. The number of fused-ring (bicyclic) bond motifs is 3. The van der Waals surface area contributed by atoms with Gasteiger partial charge >= 0.3 is 6.03 Å². The summed E-state index contributed by atoms with van der Waals surface area (Å²) in [5, 5.41) is 2.75.